The van der Waals surface area contributed by atoms with Gasteiger partial charge in [0.05, 0.1) is 12.0 Å². The van der Waals surface area contributed by atoms with Crippen LogP contribution in [0.2, 0.25) is 0 Å². The summed E-state index contributed by atoms with van der Waals surface area (Å²) in [6.07, 6.45) is 7.96. The molecule has 0 aliphatic carbocycles. The SMILES string of the molecule is Cn1cncc1CN1CCCCC1. The number of hydrogen-bond donors (Lipinski definition) is 0. The summed E-state index contributed by atoms with van der Waals surface area (Å²) in [6, 6.07) is 0. The lowest BCUT2D eigenvalue weighted by molar-refractivity contribution is 0.216. The Labute approximate surface area is 79.4 Å². The van der Waals surface area contributed by atoms with Gasteiger partial charge in [0.1, 0.15) is 0 Å². The number of nitrogens with zero attached hydrogens (tertiary/aromatic N) is 3. The van der Waals surface area contributed by atoms with E-state index in [1.54, 1.807) is 0 Å². The molecule has 3 nitrogen and oxygen atoms in total. The van der Waals surface area contributed by atoms with E-state index in [4.69, 9.17) is 0 Å². The molecule has 2 heterocycles. The molecule has 1 aromatic rings. The van der Waals surface area contributed by atoms with Crippen molar-refractivity contribution >= 4 is 0 Å². The summed E-state index contributed by atoms with van der Waals surface area (Å²) in [5.74, 6) is 0. The molecular formula is C10H17N3. The Hall–Kier alpha value is -0.830. The molecule has 0 aromatic carbocycles. The molecule has 1 aromatic heterocycles. The van der Waals surface area contributed by atoms with Crippen LogP contribution in [0.3, 0.4) is 0 Å². The second kappa shape index (κ2) is 3.92. The van der Waals surface area contributed by atoms with Crippen LogP contribution < -0.4 is 0 Å². The fraction of sp³-hybridized carbons (Fsp3) is 0.700. The van der Waals surface area contributed by atoms with E-state index < -0.39 is 0 Å². The van der Waals surface area contributed by atoms with Gasteiger partial charge >= 0.3 is 0 Å². The van der Waals surface area contributed by atoms with Crippen LogP contribution in [0.1, 0.15) is 25.0 Å². The molecule has 0 amide bonds. The summed E-state index contributed by atoms with van der Waals surface area (Å²) in [5, 5.41) is 0. The Bertz CT molecular complexity index is 261. The minimum atomic E-state index is 1.07. The lowest BCUT2D eigenvalue weighted by Gasteiger charge is -2.26. The molecule has 2 rings (SSSR count). The number of imidazole rings is 1. The highest BCUT2D eigenvalue weighted by atomic mass is 15.2. The Morgan fingerprint density at radius 1 is 1.31 bits per heavy atom. The third-order valence-corrected chi connectivity index (χ3v) is 2.75. The van der Waals surface area contributed by atoms with E-state index in [1.165, 1.54) is 38.0 Å². The van der Waals surface area contributed by atoms with Crippen LogP contribution >= 0.6 is 0 Å². The van der Waals surface area contributed by atoms with Crippen LogP contribution in [0.4, 0.5) is 0 Å². The maximum absolute atomic E-state index is 4.12. The van der Waals surface area contributed by atoms with Gasteiger partial charge in [-0.3, -0.25) is 4.90 Å². The standard InChI is InChI=1S/C10H17N3/c1-12-9-11-7-10(12)8-13-5-3-2-4-6-13/h7,9H,2-6,8H2,1H3. The summed E-state index contributed by atoms with van der Waals surface area (Å²) in [7, 11) is 2.06. The van der Waals surface area contributed by atoms with Gasteiger partial charge in [-0.2, -0.15) is 0 Å². The van der Waals surface area contributed by atoms with Crippen molar-refractivity contribution in [3.8, 4) is 0 Å². The third kappa shape index (κ3) is 2.10. The third-order valence-electron chi connectivity index (χ3n) is 2.75. The maximum atomic E-state index is 4.12. The largest absolute Gasteiger partial charge is 0.337 e. The molecule has 1 fully saturated rings. The van der Waals surface area contributed by atoms with Crippen molar-refractivity contribution in [3.63, 3.8) is 0 Å². The van der Waals surface area contributed by atoms with Crippen molar-refractivity contribution in [1.29, 1.82) is 0 Å². The van der Waals surface area contributed by atoms with Gasteiger partial charge in [0.2, 0.25) is 0 Å². The molecule has 1 aliphatic heterocycles. The second-order valence-corrected chi connectivity index (χ2v) is 3.83. The average Bonchev–Trinajstić information content (AvgIpc) is 2.54. The van der Waals surface area contributed by atoms with Crippen molar-refractivity contribution in [2.75, 3.05) is 13.1 Å². The topological polar surface area (TPSA) is 21.1 Å². The average molecular weight is 179 g/mol. The first-order chi connectivity index (χ1) is 6.36. The first-order valence-corrected chi connectivity index (χ1v) is 5.04. The molecule has 0 N–H and O–H groups in total. The van der Waals surface area contributed by atoms with Crippen molar-refractivity contribution in [2.24, 2.45) is 7.05 Å². The fourth-order valence-electron chi connectivity index (χ4n) is 1.88. The highest BCUT2D eigenvalue weighted by Crippen LogP contribution is 2.11. The van der Waals surface area contributed by atoms with Crippen LogP contribution in [0.5, 0.6) is 0 Å². The predicted octanol–water partition coefficient (Wildman–Crippen LogP) is 1.41. The summed E-state index contributed by atoms with van der Waals surface area (Å²) in [6.45, 7) is 3.58. The summed E-state index contributed by atoms with van der Waals surface area (Å²) < 4.78 is 2.11. The van der Waals surface area contributed by atoms with Crippen LogP contribution in [0.15, 0.2) is 12.5 Å². The van der Waals surface area contributed by atoms with Gasteiger partial charge in [-0.25, -0.2) is 4.98 Å². The highest BCUT2D eigenvalue weighted by molar-refractivity contribution is 4.97. The molecule has 3 heteroatoms. The van der Waals surface area contributed by atoms with Gasteiger partial charge in [0.15, 0.2) is 0 Å². The molecule has 1 aliphatic rings. The number of aromatic nitrogens is 2. The Morgan fingerprint density at radius 3 is 2.69 bits per heavy atom. The lowest BCUT2D eigenvalue weighted by atomic mass is 10.1. The zero-order valence-corrected chi connectivity index (χ0v) is 8.24. The van der Waals surface area contributed by atoms with E-state index >= 15 is 0 Å². The number of aryl methyl sites for hydroxylation is 1. The minimum Gasteiger partial charge on any atom is -0.337 e. The molecule has 13 heavy (non-hydrogen) atoms. The number of rotatable bonds is 2. The van der Waals surface area contributed by atoms with E-state index in [0.29, 0.717) is 0 Å². The smallest absolute Gasteiger partial charge is 0.0945 e. The van der Waals surface area contributed by atoms with Crippen LogP contribution in [0.25, 0.3) is 0 Å². The lowest BCUT2D eigenvalue weighted by Crippen LogP contribution is -2.29. The number of hydrogen-bond acceptors (Lipinski definition) is 2. The van der Waals surface area contributed by atoms with Gasteiger partial charge in [0, 0.05) is 19.8 Å². The molecule has 0 bridgehead atoms. The number of likely N-dealkylation sites (tertiary alicyclic amines) is 1. The predicted molar refractivity (Wildman–Crippen MR) is 52.3 cm³/mol. The summed E-state index contributed by atoms with van der Waals surface area (Å²) in [4.78, 5) is 6.64. The van der Waals surface area contributed by atoms with Gasteiger partial charge in [-0.15, -0.1) is 0 Å². The van der Waals surface area contributed by atoms with E-state index in [1.807, 2.05) is 12.5 Å². The van der Waals surface area contributed by atoms with Gasteiger partial charge in [-0.05, 0) is 25.9 Å². The molecule has 0 radical (unpaired) electrons. The highest BCUT2D eigenvalue weighted by Gasteiger charge is 2.11. The van der Waals surface area contributed by atoms with Crippen LogP contribution in [-0.4, -0.2) is 27.5 Å². The zero-order chi connectivity index (χ0) is 9.10. The van der Waals surface area contributed by atoms with E-state index in [9.17, 15) is 0 Å². The minimum absolute atomic E-state index is 1.07. The van der Waals surface area contributed by atoms with Gasteiger partial charge < -0.3 is 4.57 Å². The Kier molecular flexibility index (Phi) is 2.64. The summed E-state index contributed by atoms with van der Waals surface area (Å²) >= 11 is 0. The van der Waals surface area contributed by atoms with Crippen molar-refractivity contribution in [2.45, 2.75) is 25.8 Å². The van der Waals surface area contributed by atoms with E-state index in [2.05, 4.69) is 21.5 Å². The maximum Gasteiger partial charge on any atom is 0.0945 e. The van der Waals surface area contributed by atoms with Gasteiger partial charge in [0.25, 0.3) is 0 Å². The Morgan fingerprint density at radius 2 is 2.08 bits per heavy atom. The number of piperidine rings is 1. The van der Waals surface area contributed by atoms with E-state index in [0.717, 1.165) is 6.54 Å². The van der Waals surface area contributed by atoms with Crippen LogP contribution in [0, 0.1) is 0 Å². The van der Waals surface area contributed by atoms with Crippen LogP contribution in [-0.2, 0) is 13.6 Å². The van der Waals surface area contributed by atoms with E-state index in [-0.39, 0.29) is 0 Å². The zero-order valence-electron chi connectivity index (χ0n) is 8.24. The van der Waals surface area contributed by atoms with Gasteiger partial charge in [-0.1, -0.05) is 6.42 Å². The monoisotopic (exact) mass is 179 g/mol. The molecule has 0 saturated carbocycles. The summed E-state index contributed by atoms with van der Waals surface area (Å²) in [5.41, 5.74) is 1.32. The molecule has 72 valence electrons. The molecule has 0 atom stereocenters. The quantitative estimate of drug-likeness (QED) is 0.684. The normalized spacial score (nSPS) is 19.2. The molecular weight excluding hydrogens is 162 g/mol. The Balaban J connectivity index is 1.93. The van der Waals surface area contributed by atoms with Crippen molar-refractivity contribution < 1.29 is 0 Å². The van der Waals surface area contributed by atoms with Crippen molar-refractivity contribution in [1.82, 2.24) is 14.5 Å². The second-order valence-electron chi connectivity index (χ2n) is 3.83. The fourth-order valence-corrected chi connectivity index (χ4v) is 1.88. The molecule has 0 spiro atoms. The molecule has 0 unspecified atom stereocenters. The first kappa shape index (κ1) is 8.75. The molecule has 1 saturated heterocycles. The van der Waals surface area contributed by atoms with Crippen molar-refractivity contribution in [3.05, 3.63) is 18.2 Å². The first-order valence-electron chi connectivity index (χ1n) is 5.04.